The summed E-state index contributed by atoms with van der Waals surface area (Å²) in [4.78, 5) is 34.1. The van der Waals surface area contributed by atoms with Crippen molar-refractivity contribution in [2.24, 2.45) is 5.73 Å². The molecule has 1 aliphatic rings. The molecule has 0 saturated carbocycles. The van der Waals surface area contributed by atoms with Gasteiger partial charge in [0.25, 0.3) is 0 Å². The number of nitrogens with one attached hydrogen (secondary N) is 1. The molecule has 3 amide bonds. The molecule has 1 aromatic rings. The third kappa shape index (κ3) is 3.04. The number of nitrogens with zero attached hydrogens (tertiary/aromatic N) is 4. The number of hydrogen-bond donors (Lipinski definition) is 3. The van der Waals surface area contributed by atoms with Crippen LogP contribution in [0.15, 0.2) is 6.20 Å². The molecule has 102 valence electrons. The second kappa shape index (κ2) is 5.02. The van der Waals surface area contributed by atoms with E-state index in [0.29, 0.717) is 13.1 Å². The monoisotopic (exact) mass is 268 g/mol. The van der Waals surface area contributed by atoms with Crippen molar-refractivity contribution >= 4 is 17.9 Å². The van der Waals surface area contributed by atoms with E-state index in [1.54, 1.807) is 4.90 Å². The number of imide groups is 1. The second-order valence-corrected chi connectivity index (χ2v) is 4.15. The number of carboxylic acids is 1. The molecule has 4 N–H and O–H groups in total. The molecule has 0 aromatic carbocycles. The number of hydrogen-bond acceptors (Lipinski definition) is 6. The minimum Gasteiger partial charge on any atom is -0.476 e. The average molecular weight is 268 g/mol. The Morgan fingerprint density at radius 1 is 1.47 bits per heavy atom. The molecule has 10 heteroatoms. The van der Waals surface area contributed by atoms with Crippen LogP contribution in [-0.4, -0.2) is 62.5 Å². The summed E-state index contributed by atoms with van der Waals surface area (Å²) in [6, 6.07) is -0.911. The van der Waals surface area contributed by atoms with Gasteiger partial charge in [-0.25, -0.2) is 14.3 Å². The van der Waals surface area contributed by atoms with Crippen molar-refractivity contribution in [1.82, 2.24) is 25.2 Å². The maximum atomic E-state index is 11.2. The summed E-state index contributed by atoms with van der Waals surface area (Å²) in [6.45, 7) is 1.10. The Labute approximate surface area is 107 Å². The molecule has 2 rings (SSSR count). The van der Waals surface area contributed by atoms with Gasteiger partial charge in [0.15, 0.2) is 5.69 Å². The first-order chi connectivity index (χ1) is 8.95. The van der Waals surface area contributed by atoms with E-state index < -0.39 is 17.9 Å². The van der Waals surface area contributed by atoms with Crippen LogP contribution in [0, 0.1) is 0 Å². The number of amides is 3. The van der Waals surface area contributed by atoms with Crippen LogP contribution >= 0.6 is 0 Å². The summed E-state index contributed by atoms with van der Waals surface area (Å²) >= 11 is 0. The van der Waals surface area contributed by atoms with E-state index in [2.05, 4.69) is 10.3 Å². The number of nitrogens with two attached hydrogens (primary N) is 1. The Hall–Kier alpha value is -2.49. The van der Waals surface area contributed by atoms with E-state index in [-0.39, 0.29) is 18.3 Å². The van der Waals surface area contributed by atoms with Gasteiger partial charge in [0, 0.05) is 13.1 Å². The lowest BCUT2D eigenvalue weighted by Crippen LogP contribution is -2.52. The molecule has 0 atom stereocenters. The number of aromatic nitrogens is 3. The highest BCUT2D eigenvalue weighted by atomic mass is 16.4. The number of carbonyl (C=O) groups excluding carboxylic acids is 2. The van der Waals surface area contributed by atoms with Gasteiger partial charge in [-0.15, -0.1) is 5.10 Å². The van der Waals surface area contributed by atoms with Gasteiger partial charge in [-0.1, -0.05) is 5.21 Å². The highest BCUT2D eigenvalue weighted by Gasteiger charge is 2.31. The molecule has 0 spiro atoms. The van der Waals surface area contributed by atoms with Crippen LogP contribution in [0.25, 0.3) is 0 Å². The molecule has 10 nitrogen and oxygen atoms in total. The van der Waals surface area contributed by atoms with Crippen LogP contribution in [0.4, 0.5) is 4.79 Å². The predicted octanol–water partition coefficient (Wildman–Crippen LogP) is -1.97. The smallest absolute Gasteiger partial charge is 0.358 e. The molecule has 1 saturated heterocycles. The van der Waals surface area contributed by atoms with Crippen molar-refractivity contribution < 1.29 is 19.5 Å². The Balaban J connectivity index is 1.81. The van der Waals surface area contributed by atoms with Gasteiger partial charge >= 0.3 is 12.0 Å². The molecule has 1 aliphatic heterocycles. The van der Waals surface area contributed by atoms with Crippen molar-refractivity contribution in [3.63, 3.8) is 0 Å². The molecular weight excluding hydrogens is 256 g/mol. The molecule has 0 bridgehead atoms. The maximum absolute atomic E-state index is 11.2. The van der Waals surface area contributed by atoms with Gasteiger partial charge in [-0.3, -0.25) is 15.0 Å². The Bertz CT molecular complexity index is 521. The van der Waals surface area contributed by atoms with Crippen molar-refractivity contribution in [3.05, 3.63) is 11.9 Å². The number of rotatable bonds is 4. The van der Waals surface area contributed by atoms with Crippen molar-refractivity contribution in [1.29, 1.82) is 0 Å². The van der Waals surface area contributed by atoms with Crippen molar-refractivity contribution in [3.8, 4) is 0 Å². The van der Waals surface area contributed by atoms with Gasteiger partial charge in [-0.2, -0.15) is 0 Å². The third-order valence-corrected chi connectivity index (χ3v) is 2.67. The molecular formula is C9H12N6O4. The fourth-order valence-corrected chi connectivity index (χ4v) is 1.77. The van der Waals surface area contributed by atoms with E-state index in [1.807, 2.05) is 5.32 Å². The number of carbonyl (C=O) groups is 3. The highest BCUT2D eigenvalue weighted by Crippen LogP contribution is 2.19. The lowest BCUT2D eigenvalue weighted by Gasteiger charge is -2.38. The Morgan fingerprint density at radius 2 is 2.16 bits per heavy atom. The fraction of sp³-hybridized carbons (Fsp3) is 0.444. The molecule has 0 unspecified atom stereocenters. The van der Waals surface area contributed by atoms with Crippen LogP contribution < -0.4 is 11.1 Å². The Morgan fingerprint density at radius 3 is 2.68 bits per heavy atom. The van der Waals surface area contributed by atoms with E-state index in [9.17, 15) is 14.4 Å². The maximum Gasteiger partial charge on any atom is 0.358 e. The van der Waals surface area contributed by atoms with Crippen molar-refractivity contribution in [2.75, 3.05) is 19.6 Å². The van der Waals surface area contributed by atoms with Gasteiger partial charge < -0.3 is 10.8 Å². The van der Waals surface area contributed by atoms with E-state index in [4.69, 9.17) is 10.8 Å². The normalized spacial score (nSPS) is 15.8. The summed E-state index contributed by atoms with van der Waals surface area (Å²) in [7, 11) is 0. The quantitative estimate of drug-likeness (QED) is 0.574. The van der Waals surface area contributed by atoms with Gasteiger partial charge in [0.2, 0.25) is 5.91 Å². The van der Waals surface area contributed by atoms with E-state index in [0.717, 1.165) is 0 Å². The van der Waals surface area contributed by atoms with Gasteiger partial charge in [-0.05, 0) is 0 Å². The van der Waals surface area contributed by atoms with Crippen LogP contribution in [0.3, 0.4) is 0 Å². The van der Waals surface area contributed by atoms with Crippen LogP contribution in [0.2, 0.25) is 0 Å². The van der Waals surface area contributed by atoms with E-state index in [1.165, 1.54) is 10.9 Å². The third-order valence-electron chi connectivity index (χ3n) is 2.67. The minimum atomic E-state index is -1.14. The molecule has 2 heterocycles. The number of carboxylic acid groups (broad SMARTS) is 1. The summed E-state index contributed by atoms with van der Waals surface area (Å²) in [5.74, 6) is -1.61. The zero-order chi connectivity index (χ0) is 14.0. The first-order valence-electron chi connectivity index (χ1n) is 5.42. The molecule has 19 heavy (non-hydrogen) atoms. The number of likely N-dealkylation sites (tertiary alicyclic amines) is 1. The molecule has 0 radical (unpaired) electrons. The lowest BCUT2D eigenvalue weighted by atomic mass is 10.1. The summed E-state index contributed by atoms with van der Waals surface area (Å²) in [5.41, 5.74) is 4.69. The Kier molecular flexibility index (Phi) is 3.42. The van der Waals surface area contributed by atoms with Crippen LogP contribution in [0.5, 0.6) is 0 Å². The minimum absolute atomic E-state index is 0.0259. The number of urea groups is 1. The molecule has 0 aliphatic carbocycles. The topological polar surface area (TPSA) is 143 Å². The first-order valence-corrected chi connectivity index (χ1v) is 5.42. The van der Waals surface area contributed by atoms with Crippen LogP contribution in [0.1, 0.15) is 16.5 Å². The fourth-order valence-electron chi connectivity index (χ4n) is 1.77. The second-order valence-electron chi connectivity index (χ2n) is 4.15. The average Bonchev–Trinajstić information content (AvgIpc) is 2.70. The lowest BCUT2D eigenvalue weighted by molar-refractivity contribution is -0.122. The zero-order valence-electron chi connectivity index (χ0n) is 9.81. The zero-order valence-corrected chi connectivity index (χ0v) is 9.81. The first kappa shape index (κ1) is 13.0. The number of aromatic carboxylic acids is 1. The van der Waals surface area contributed by atoms with Crippen LogP contribution in [-0.2, 0) is 4.79 Å². The van der Waals surface area contributed by atoms with Crippen molar-refractivity contribution in [2.45, 2.75) is 6.04 Å². The highest BCUT2D eigenvalue weighted by molar-refractivity contribution is 5.94. The SMILES string of the molecule is NC(=O)NC(=O)CN1CC(n2cc(C(=O)O)nn2)C1. The predicted molar refractivity (Wildman–Crippen MR) is 60.2 cm³/mol. The largest absolute Gasteiger partial charge is 0.476 e. The summed E-state index contributed by atoms with van der Waals surface area (Å²) in [6.07, 6.45) is 1.34. The number of primary amides is 1. The summed E-state index contributed by atoms with van der Waals surface area (Å²) in [5, 5.41) is 17.9. The molecule has 1 aromatic heterocycles. The van der Waals surface area contributed by atoms with Gasteiger partial charge in [0.05, 0.1) is 18.8 Å². The van der Waals surface area contributed by atoms with Gasteiger partial charge in [0.1, 0.15) is 0 Å². The van der Waals surface area contributed by atoms with E-state index >= 15 is 0 Å². The standard InChI is InChI=1S/C9H12N6O4/c10-9(19)11-7(16)4-14-1-5(2-14)15-3-6(8(17)18)12-13-15/h3,5H,1-2,4H2,(H,17,18)(H3,10,11,16,19). The molecule has 1 fully saturated rings. The summed E-state index contributed by atoms with van der Waals surface area (Å²) < 4.78 is 1.45.